The summed E-state index contributed by atoms with van der Waals surface area (Å²) in [7, 11) is 2.87. The van der Waals surface area contributed by atoms with Crippen LogP contribution in [0.4, 0.5) is 30.2 Å². The molecule has 0 bridgehead atoms. The Hall–Kier alpha value is -5.16. The second-order valence-electron chi connectivity index (χ2n) is 10.7. The van der Waals surface area contributed by atoms with Crippen LogP contribution in [0.5, 0.6) is 11.5 Å². The fourth-order valence-electron chi connectivity index (χ4n) is 5.76. The summed E-state index contributed by atoms with van der Waals surface area (Å²) >= 11 is 1.71. The predicted octanol–water partition coefficient (Wildman–Crippen LogP) is 5.29. The molecule has 6 rings (SSSR count). The lowest BCUT2D eigenvalue weighted by molar-refractivity contribution is -0.384. The first-order valence-corrected chi connectivity index (χ1v) is 15.7. The molecule has 0 aliphatic carbocycles. The summed E-state index contributed by atoms with van der Waals surface area (Å²) < 4.78 is 51.6. The minimum atomic E-state index is -4.63. The fourth-order valence-corrected chi connectivity index (χ4v) is 8.53. The predicted molar refractivity (Wildman–Crippen MR) is 169 cm³/mol. The summed E-state index contributed by atoms with van der Waals surface area (Å²) in [5.74, 6) is -3.18. The van der Waals surface area contributed by atoms with E-state index in [4.69, 9.17) is 9.47 Å². The number of non-ortho nitro benzene ring substituents is 1. The third-order valence-corrected chi connectivity index (χ3v) is 10.5. The maximum Gasteiger partial charge on any atom is 0.416 e. The van der Waals surface area contributed by atoms with Crippen molar-refractivity contribution in [2.45, 2.75) is 28.9 Å². The van der Waals surface area contributed by atoms with Gasteiger partial charge in [0.1, 0.15) is 11.8 Å². The lowest BCUT2D eigenvalue weighted by Crippen LogP contribution is -2.33. The summed E-state index contributed by atoms with van der Waals surface area (Å²) in [5.41, 5.74) is -0.692. The molecule has 2 aliphatic rings. The van der Waals surface area contributed by atoms with E-state index in [0.29, 0.717) is 21.9 Å². The van der Waals surface area contributed by atoms with E-state index < -0.39 is 62.9 Å². The van der Waals surface area contributed by atoms with Gasteiger partial charge in [-0.25, -0.2) is 4.90 Å². The molecule has 1 saturated heterocycles. The number of nitrogens with one attached hydrogen (secondary N) is 1. The number of nitro benzene ring substituents is 1. The van der Waals surface area contributed by atoms with Gasteiger partial charge in [-0.3, -0.25) is 33.9 Å². The van der Waals surface area contributed by atoms with Gasteiger partial charge in [0.15, 0.2) is 11.5 Å². The molecule has 3 heterocycles. The van der Waals surface area contributed by atoms with Crippen molar-refractivity contribution in [1.82, 2.24) is 4.57 Å². The average molecular weight is 701 g/mol. The van der Waals surface area contributed by atoms with Crippen molar-refractivity contribution in [3.05, 3.63) is 103 Å². The van der Waals surface area contributed by atoms with E-state index >= 15 is 0 Å². The molecule has 3 amide bonds. The number of carbonyl (C=O) groups is 3. The van der Waals surface area contributed by atoms with Crippen molar-refractivity contribution >= 4 is 57.9 Å². The number of anilines is 2. The Morgan fingerprint density at radius 1 is 0.979 bits per heavy atom. The number of rotatable bonds is 8. The van der Waals surface area contributed by atoms with Crippen molar-refractivity contribution in [1.29, 1.82) is 0 Å². The van der Waals surface area contributed by atoms with Crippen LogP contribution < -0.4 is 24.6 Å². The van der Waals surface area contributed by atoms with Crippen LogP contribution in [0.25, 0.3) is 0 Å². The molecule has 4 aromatic rings. The normalized spacial score (nSPS) is 18.7. The van der Waals surface area contributed by atoms with Gasteiger partial charge in [0.25, 0.3) is 5.69 Å². The van der Waals surface area contributed by atoms with Gasteiger partial charge < -0.3 is 14.8 Å². The Morgan fingerprint density at radius 2 is 1.69 bits per heavy atom. The van der Waals surface area contributed by atoms with Crippen molar-refractivity contribution in [2.24, 2.45) is 5.92 Å². The molecule has 248 valence electrons. The Morgan fingerprint density at radius 3 is 2.33 bits per heavy atom. The maximum atomic E-state index is 14.1. The number of nitro groups is 1. The van der Waals surface area contributed by atoms with E-state index in [-0.39, 0.29) is 22.1 Å². The maximum absolute atomic E-state index is 14.1. The topological polar surface area (TPSA) is 150 Å². The van der Waals surface area contributed by atoms with E-state index in [1.807, 2.05) is 0 Å². The van der Waals surface area contributed by atoms with Crippen LogP contribution in [0.3, 0.4) is 0 Å². The van der Waals surface area contributed by atoms with Gasteiger partial charge >= 0.3 is 11.0 Å². The van der Waals surface area contributed by atoms with Crippen LogP contribution in [-0.4, -0.2) is 46.7 Å². The van der Waals surface area contributed by atoms with E-state index in [1.54, 1.807) is 18.2 Å². The zero-order valence-electron chi connectivity index (χ0n) is 24.8. The van der Waals surface area contributed by atoms with Gasteiger partial charge in [-0.15, -0.1) is 0 Å². The monoisotopic (exact) mass is 700 g/mol. The number of hydrogen-bond acceptors (Lipinski definition) is 10. The molecule has 2 unspecified atom stereocenters. The van der Waals surface area contributed by atoms with Gasteiger partial charge in [-0.1, -0.05) is 35.2 Å². The number of methoxy groups -OCH3 is 2. The second kappa shape index (κ2) is 12.5. The molecule has 1 N–H and O–H groups in total. The molecule has 0 radical (unpaired) electrons. The van der Waals surface area contributed by atoms with Crippen LogP contribution in [-0.2, 0) is 27.1 Å². The number of hydrogen-bond donors (Lipinski definition) is 1. The highest BCUT2D eigenvalue weighted by atomic mass is 32.2. The van der Waals surface area contributed by atoms with Gasteiger partial charge in [0.2, 0.25) is 17.7 Å². The number of alkyl halides is 3. The summed E-state index contributed by atoms with van der Waals surface area (Å²) in [5, 5.41) is 12.8. The minimum absolute atomic E-state index is 0.123. The Kier molecular flexibility index (Phi) is 8.51. The van der Waals surface area contributed by atoms with E-state index in [2.05, 4.69) is 5.32 Å². The summed E-state index contributed by atoms with van der Waals surface area (Å²) in [6.07, 6.45) is -4.63. The summed E-state index contributed by atoms with van der Waals surface area (Å²) in [6, 6.07) is 13.9. The number of fused-ring (bicyclic) bond motifs is 2. The lowest BCUT2D eigenvalue weighted by atomic mass is 9.83. The number of ether oxygens (including phenoxy) is 2. The standard InChI is InChI=1S/C31H23F3N4O8S2/c1-45-20-11-6-15(12-21(20)46-2)23-24-25(28(41)37(27(24)40)18-7-9-19(10-8-18)38(43)44)47-29-26(23)48-30(42)36(29)14-22(39)35-17-5-3-4-16(13-17)31(32,33)34/h3-13,23-25H,14H2,1-2H3,(H,35,39)/t23-,24?,25?/m0/s1. The van der Waals surface area contributed by atoms with Gasteiger partial charge in [0, 0.05) is 28.6 Å². The average Bonchev–Trinajstić information content (AvgIpc) is 3.50. The molecule has 2 aliphatic heterocycles. The second-order valence-corrected chi connectivity index (χ2v) is 12.8. The zero-order chi connectivity index (χ0) is 34.5. The Bertz CT molecular complexity index is 2030. The van der Waals surface area contributed by atoms with E-state index in [9.17, 15) is 42.5 Å². The quantitative estimate of drug-likeness (QED) is 0.147. The molecule has 1 aromatic heterocycles. The first-order chi connectivity index (χ1) is 22.8. The van der Waals surface area contributed by atoms with Crippen molar-refractivity contribution in [3.63, 3.8) is 0 Å². The zero-order valence-corrected chi connectivity index (χ0v) is 26.5. The Labute approximate surface area is 277 Å². The minimum Gasteiger partial charge on any atom is -0.493 e. The number of thiazole rings is 1. The SMILES string of the molecule is COc1ccc([C@@H]2c3sc(=O)n(CC(=O)Nc4cccc(C(F)(F)F)c4)c3SC3C(=O)N(c4ccc([N+](=O)[O-])cc4)C(=O)C32)cc1OC. The molecule has 3 aromatic carbocycles. The van der Waals surface area contributed by atoms with Crippen molar-refractivity contribution in [3.8, 4) is 11.5 Å². The lowest BCUT2D eigenvalue weighted by Gasteiger charge is -2.31. The summed E-state index contributed by atoms with van der Waals surface area (Å²) in [4.78, 5) is 65.8. The third kappa shape index (κ3) is 5.79. The Balaban J connectivity index is 1.40. The van der Waals surface area contributed by atoms with Gasteiger partial charge in [0.05, 0.1) is 41.3 Å². The van der Waals surface area contributed by atoms with Crippen molar-refractivity contribution < 1.29 is 42.0 Å². The number of halogens is 3. The van der Waals surface area contributed by atoms with Crippen LogP contribution in [0.1, 0.15) is 21.9 Å². The first kappa shape index (κ1) is 32.8. The van der Waals surface area contributed by atoms with Crippen LogP contribution in [0, 0.1) is 16.0 Å². The molecule has 1 fully saturated rings. The smallest absolute Gasteiger partial charge is 0.416 e. The van der Waals surface area contributed by atoms with Crippen LogP contribution in [0.2, 0.25) is 0 Å². The largest absolute Gasteiger partial charge is 0.493 e. The number of thioether (sulfide) groups is 1. The van der Waals surface area contributed by atoms with Crippen molar-refractivity contribution in [2.75, 3.05) is 24.4 Å². The fraction of sp³-hybridized carbons (Fsp3) is 0.226. The number of imide groups is 1. The van der Waals surface area contributed by atoms with Crippen LogP contribution >= 0.6 is 23.1 Å². The highest BCUT2D eigenvalue weighted by Crippen LogP contribution is 2.54. The molecule has 12 nitrogen and oxygen atoms in total. The first-order valence-electron chi connectivity index (χ1n) is 14.0. The number of nitrogens with zero attached hydrogens (tertiary/aromatic N) is 3. The number of amides is 3. The molecular weight excluding hydrogens is 677 g/mol. The molecule has 17 heteroatoms. The molecule has 0 saturated carbocycles. The highest BCUT2D eigenvalue weighted by molar-refractivity contribution is 8.00. The van der Waals surface area contributed by atoms with Gasteiger partial charge in [-0.05, 0) is 48.0 Å². The molecule has 48 heavy (non-hydrogen) atoms. The molecule has 0 spiro atoms. The van der Waals surface area contributed by atoms with Gasteiger partial charge in [-0.2, -0.15) is 13.2 Å². The van der Waals surface area contributed by atoms with E-state index in [1.165, 1.54) is 44.6 Å². The number of aromatic nitrogens is 1. The van der Waals surface area contributed by atoms with Crippen LogP contribution in [0.15, 0.2) is 76.6 Å². The number of benzene rings is 3. The number of carbonyl (C=O) groups excluding carboxylic acids is 3. The molecule has 3 atom stereocenters. The highest BCUT2D eigenvalue weighted by Gasteiger charge is 2.57. The third-order valence-electron chi connectivity index (χ3n) is 7.91. The molecular formula is C31H23F3N4O8S2. The van der Waals surface area contributed by atoms with E-state index in [0.717, 1.165) is 50.8 Å². The summed E-state index contributed by atoms with van der Waals surface area (Å²) in [6.45, 7) is -0.585.